The van der Waals surface area contributed by atoms with Crippen LogP contribution in [-0.4, -0.2) is 58.9 Å². The van der Waals surface area contributed by atoms with Gasteiger partial charge in [-0.3, -0.25) is 14.5 Å². The summed E-state index contributed by atoms with van der Waals surface area (Å²) in [7, 11) is 0. The van der Waals surface area contributed by atoms with Gasteiger partial charge in [0.15, 0.2) is 0 Å². The van der Waals surface area contributed by atoms with E-state index in [1.807, 2.05) is 24.4 Å². The molecule has 0 radical (unpaired) electrons. The summed E-state index contributed by atoms with van der Waals surface area (Å²) in [6.45, 7) is 3.57. The Morgan fingerprint density at radius 1 is 1.23 bits per heavy atom. The highest BCUT2D eigenvalue weighted by molar-refractivity contribution is 5.92. The van der Waals surface area contributed by atoms with Gasteiger partial charge in [0, 0.05) is 43.8 Å². The van der Waals surface area contributed by atoms with E-state index in [-0.39, 0.29) is 11.3 Å². The first-order chi connectivity index (χ1) is 16.2. The van der Waals surface area contributed by atoms with E-state index in [1.165, 1.54) is 0 Å². The molecule has 1 fully saturated rings. The number of amides is 1. The molecule has 0 spiro atoms. The molecule has 1 amide bonds. The van der Waals surface area contributed by atoms with Crippen molar-refractivity contribution < 1.29 is 8.91 Å². The number of hydrogen-bond donors (Lipinski definition) is 2. The zero-order chi connectivity index (χ0) is 24.3. The Hall–Kier alpha value is -3.26. The minimum Gasteiger partial charge on any atom is -0.368 e. The highest BCUT2D eigenvalue weighted by Gasteiger charge is 2.18. The molecule has 1 aliphatic rings. The van der Waals surface area contributed by atoms with Gasteiger partial charge >= 0.3 is 0 Å². The number of H-pyrrole nitrogens is 1. The molecule has 31 heavy (non-hydrogen) atoms. The second-order valence-corrected chi connectivity index (χ2v) is 7.73. The van der Waals surface area contributed by atoms with Crippen LogP contribution in [0.5, 0.6) is 0 Å². The topological polar surface area (TPSA) is 94.2 Å². The summed E-state index contributed by atoms with van der Waals surface area (Å²) < 4.78 is 21.4. The van der Waals surface area contributed by atoms with Crippen molar-refractivity contribution in [1.82, 2.24) is 25.2 Å². The summed E-state index contributed by atoms with van der Waals surface area (Å²) in [6, 6.07) is 9.35. The molecule has 162 valence electrons. The second kappa shape index (κ2) is 9.26. The van der Waals surface area contributed by atoms with Gasteiger partial charge in [-0.05, 0) is 36.2 Å². The molecular formula is C23H28N6O2. The number of benzene rings is 1. The van der Waals surface area contributed by atoms with Crippen molar-refractivity contribution in [1.29, 1.82) is 0 Å². The number of piperazine rings is 1. The Morgan fingerprint density at radius 3 is 2.77 bits per heavy atom. The molecule has 0 aliphatic carbocycles. The first kappa shape index (κ1) is 17.4. The van der Waals surface area contributed by atoms with Crippen LogP contribution in [0.1, 0.15) is 39.2 Å². The van der Waals surface area contributed by atoms with Crippen LogP contribution in [-0.2, 0) is 13.0 Å². The number of carbonyl (C=O) groups is 1. The third kappa shape index (κ3) is 4.74. The molecule has 1 aromatic carbocycles. The quantitative estimate of drug-likeness (QED) is 0.629. The van der Waals surface area contributed by atoms with E-state index in [1.54, 1.807) is 18.3 Å². The maximum Gasteiger partial charge on any atom is 0.270 e. The van der Waals surface area contributed by atoms with E-state index in [0.29, 0.717) is 12.1 Å². The average molecular weight is 424 g/mol. The fourth-order valence-corrected chi connectivity index (χ4v) is 3.87. The molecule has 0 bridgehead atoms. The third-order valence-corrected chi connectivity index (χ3v) is 5.55. The number of fused-ring (bicyclic) bond motifs is 1. The summed E-state index contributed by atoms with van der Waals surface area (Å²) in [6.07, 6.45) is 3.15. The lowest BCUT2D eigenvalue weighted by Crippen LogP contribution is -2.46. The summed E-state index contributed by atoms with van der Waals surface area (Å²) >= 11 is 0. The van der Waals surface area contributed by atoms with Gasteiger partial charge in [-0.2, -0.15) is 0 Å². The maximum absolute atomic E-state index is 12.2. The van der Waals surface area contributed by atoms with Crippen molar-refractivity contribution >= 4 is 22.6 Å². The third-order valence-electron chi connectivity index (χ3n) is 5.55. The number of nitrogens with one attached hydrogen (secondary N) is 2. The lowest BCUT2D eigenvalue weighted by molar-refractivity contribution is 0.0958. The first-order valence-electron chi connectivity index (χ1n) is 12.0. The molecule has 0 atom stereocenters. The molecule has 3 heterocycles. The maximum atomic E-state index is 12.2. The van der Waals surface area contributed by atoms with Crippen molar-refractivity contribution in [3.8, 4) is 0 Å². The zero-order valence-electron chi connectivity index (χ0n) is 20.5. The number of nitrogens with zero attached hydrogens (tertiary/aromatic N) is 4. The van der Waals surface area contributed by atoms with Gasteiger partial charge in [-0.15, -0.1) is 0 Å². The Labute approximate surface area is 185 Å². The molecule has 1 aliphatic heterocycles. The van der Waals surface area contributed by atoms with E-state index in [0.717, 1.165) is 61.4 Å². The van der Waals surface area contributed by atoms with Gasteiger partial charge < -0.3 is 15.2 Å². The van der Waals surface area contributed by atoms with E-state index in [9.17, 15) is 9.59 Å². The van der Waals surface area contributed by atoms with Crippen LogP contribution in [0.25, 0.3) is 11.0 Å². The normalized spacial score (nSPS) is 16.5. The molecule has 8 heteroatoms. The van der Waals surface area contributed by atoms with Gasteiger partial charge in [0.25, 0.3) is 11.5 Å². The number of pyridine rings is 1. The van der Waals surface area contributed by atoms with Gasteiger partial charge in [-0.1, -0.05) is 19.4 Å². The molecule has 0 saturated carbocycles. The Morgan fingerprint density at radius 2 is 2.06 bits per heavy atom. The molecule has 3 aromatic rings. The summed E-state index contributed by atoms with van der Waals surface area (Å²) in [4.78, 5) is 40.3. The highest BCUT2D eigenvalue weighted by atomic mass is 16.1. The number of aromatic amines is 1. The predicted molar refractivity (Wildman–Crippen MR) is 121 cm³/mol. The van der Waals surface area contributed by atoms with Crippen molar-refractivity contribution in [2.75, 3.05) is 38.1 Å². The van der Waals surface area contributed by atoms with Crippen LogP contribution in [0, 0.1) is 0 Å². The molecule has 0 unspecified atom stereocenters. The van der Waals surface area contributed by atoms with Crippen LogP contribution in [0.4, 0.5) is 5.69 Å². The molecular weight excluding hydrogens is 392 g/mol. The monoisotopic (exact) mass is 423 g/mol. The second-order valence-electron chi connectivity index (χ2n) is 7.73. The molecule has 2 aromatic heterocycles. The van der Waals surface area contributed by atoms with Crippen molar-refractivity contribution in [2.24, 2.45) is 0 Å². The van der Waals surface area contributed by atoms with Gasteiger partial charge in [0.2, 0.25) is 0 Å². The van der Waals surface area contributed by atoms with Gasteiger partial charge in [-0.25, -0.2) is 9.97 Å². The van der Waals surface area contributed by atoms with E-state index in [4.69, 9.17) is 4.11 Å². The number of anilines is 1. The zero-order valence-corrected chi connectivity index (χ0v) is 17.5. The van der Waals surface area contributed by atoms with Gasteiger partial charge in [0.1, 0.15) is 11.4 Å². The Bertz CT molecular complexity index is 1220. The van der Waals surface area contributed by atoms with E-state index < -0.39 is 12.9 Å². The van der Waals surface area contributed by atoms with Crippen LogP contribution in [0.15, 0.2) is 41.3 Å². The number of aromatic nitrogens is 3. The Kier molecular flexibility index (Phi) is 5.20. The van der Waals surface area contributed by atoms with Crippen LogP contribution in [0.3, 0.4) is 0 Å². The first-order valence-corrected chi connectivity index (χ1v) is 10.5. The number of carbonyl (C=O) groups excluding carboxylic acids is 1. The Balaban J connectivity index is 1.35. The number of aryl methyl sites for hydroxylation is 1. The minimum absolute atomic E-state index is 0.0733. The van der Waals surface area contributed by atoms with Crippen LogP contribution >= 0.6 is 0 Å². The summed E-state index contributed by atoms with van der Waals surface area (Å²) in [5.74, 6) is -0.718. The lowest BCUT2D eigenvalue weighted by Gasteiger charge is -2.36. The fourth-order valence-electron chi connectivity index (χ4n) is 3.87. The van der Waals surface area contributed by atoms with E-state index >= 15 is 0 Å². The molecule has 2 N–H and O–H groups in total. The van der Waals surface area contributed by atoms with Crippen LogP contribution < -0.4 is 15.8 Å². The van der Waals surface area contributed by atoms with Crippen molar-refractivity contribution in [3.05, 3.63) is 63.8 Å². The standard InChI is InChI=1S/C23H28N6O2/c1-3-4-20-23(31)27-21-13-16(5-7-18(21)26-20)15-28-9-11-29(12-10-28)17-6-8-19(25-14-17)22(30)24-2/h5-8,13-14H,3-4,9-12,15H2,1-2H3,(H,24,30)(H,27,31)/i2D3. The average Bonchev–Trinajstić information content (AvgIpc) is 2.79. The number of rotatable bonds is 6. The van der Waals surface area contributed by atoms with Gasteiger partial charge in [0.05, 0.1) is 22.9 Å². The fraction of sp³-hybridized carbons (Fsp3) is 0.391. The summed E-state index contributed by atoms with van der Waals surface area (Å²) in [5.41, 5.74) is 4.11. The van der Waals surface area contributed by atoms with Crippen LogP contribution in [0.2, 0.25) is 0 Å². The molecule has 1 saturated heterocycles. The predicted octanol–water partition coefficient (Wildman–Crippen LogP) is 1.95. The summed E-state index contributed by atoms with van der Waals surface area (Å²) in [5, 5.41) is 1.94. The smallest absolute Gasteiger partial charge is 0.270 e. The molecule has 8 nitrogen and oxygen atoms in total. The van der Waals surface area contributed by atoms with Crippen molar-refractivity contribution in [3.63, 3.8) is 0 Å². The highest BCUT2D eigenvalue weighted by Crippen LogP contribution is 2.18. The van der Waals surface area contributed by atoms with E-state index in [2.05, 4.69) is 30.8 Å². The van der Waals surface area contributed by atoms with Crippen molar-refractivity contribution in [2.45, 2.75) is 26.3 Å². The molecule has 4 rings (SSSR count). The lowest BCUT2D eigenvalue weighted by atomic mass is 10.1. The SMILES string of the molecule is [2H]C([2H])([2H])NC(=O)c1ccc(N2CCN(Cc3ccc4nc(CCC)c(=O)[nH]c4c3)CC2)cn1. The largest absolute Gasteiger partial charge is 0.368 e. The minimum atomic E-state index is -2.54. The number of hydrogen-bond acceptors (Lipinski definition) is 6.